The van der Waals surface area contributed by atoms with E-state index < -0.39 is 24.7 Å². The topological polar surface area (TPSA) is 18.5 Å². The fourth-order valence-corrected chi connectivity index (χ4v) is 18.9. The zero-order valence-electron chi connectivity index (χ0n) is 29.3. The van der Waals surface area contributed by atoms with Gasteiger partial charge in [-0.2, -0.15) is 0 Å². The minimum absolute atomic E-state index is 0.00815. The lowest BCUT2D eigenvalue weighted by molar-refractivity contribution is 0.0503. The molecule has 0 rings (SSSR count). The van der Waals surface area contributed by atoms with E-state index in [2.05, 4.69) is 133 Å². The minimum atomic E-state index is -2.10. The van der Waals surface area contributed by atoms with Crippen molar-refractivity contribution < 1.29 is 8.85 Å². The Kier molecular flexibility index (Phi) is 17.7. The van der Waals surface area contributed by atoms with Gasteiger partial charge in [0.15, 0.2) is 0 Å². The van der Waals surface area contributed by atoms with E-state index in [1.807, 2.05) is 0 Å². The van der Waals surface area contributed by atoms with E-state index in [9.17, 15) is 0 Å². The van der Waals surface area contributed by atoms with Gasteiger partial charge in [0.05, 0.1) is 12.2 Å². The van der Waals surface area contributed by atoms with Crippen molar-refractivity contribution in [3.05, 3.63) is 12.2 Å². The Morgan fingerprint density at radius 1 is 0.641 bits per heavy atom. The molecule has 0 saturated heterocycles. The smallest absolute Gasteiger partial charge is 0.201 e. The summed E-state index contributed by atoms with van der Waals surface area (Å²) in [5.74, 6) is 3.46. The molecular weight excluding hydrogens is 525 g/mol. The maximum Gasteiger partial charge on any atom is 0.201 e. The zero-order chi connectivity index (χ0) is 30.6. The highest BCUT2D eigenvalue weighted by Gasteiger charge is 2.50. The summed E-state index contributed by atoms with van der Waals surface area (Å²) in [6, 6.07) is 0. The van der Waals surface area contributed by atoms with Gasteiger partial charge in [0.2, 0.25) is 16.6 Å². The van der Waals surface area contributed by atoms with Crippen LogP contribution in [0.4, 0.5) is 0 Å². The molecule has 2 atom stereocenters. The van der Waals surface area contributed by atoms with Crippen LogP contribution in [0.1, 0.15) is 129 Å². The minimum Gasteiger partial charge on any atom is -0.410 e. The fraction of sp³-hybridized carbons (Fsp3) is 0.882. The molecule has 0 N–H and O–H groups in total. The van der Waals surface area contributed by atoms with Gasteiger partial charge in [0, 0.05) is 6.42 Å². The molecule has 39 heavy (non-hydrogen) atoms. The molecule has 5 heteroatoms. The van der Waals surface area contributed by atoms with Crippen LogP contribution in [0.25, 0.3) is 0 Å². The van der Waals surface area contributed by atoms with E-state index in [4.69, 9.17) is 8.85 Å². The maximum absolute atomic E-state index is 7.60. The molecule has 0 aromatic rings. The van der Waals surface area contributed by atoms with Crippen LogP contribution in [0.3, 0.4) is 0 Å². The van der Waals surface area contributed by atoms with Gasteiger partial charge >= 0.3 is 0 Å². The van der Waals surface area contributed by atoms with E-state index >= 15 is 0 Å². The first-order chi connectivity index (χ1) is 17.9. The number of unbranched alkanes of at least 4 members (excludes halogenated alkanes) is 3. The fourth-order valence-electron chi connectivity index (χ4n) is 7.15. The summed E-state index contributed by atoms with van der Waals surface area (Å²) in [4.78, 5) is 0. The molecule has 0 aromatic heterocycles. The molecule has 0 bridgehead atoms. The van der Waals surface area contributed by atoms with Crippen LogP contribution in [-0.2, 0) is 8.85 Å². The van der Waals surface area contributed by atoms with Crippen molar-refractivity contribution in [2.45, 2.75) is 194 Å². The van der Waals surface area contributed by atoms with E-state index in [0.29, 0.717) is 33.2 Å². The van der Waals surface area contributed by atoms with Crippen LogP contribution < -0.4 is 0 Å². The molecule has 0 amide bonds. The molecule has 2 nitrogen and oxygen atoms in total. The SMILES string of the molecule is CCCCCC(O[Si](C(C)C)(C(C)C)C(C)C)C(/C=C/CCC#C[Si](C)(C)C)O[Si](C(C)C)(C(C)C)C(C)C. The second-order valence-corrected chi connectivity index (χ2v) is 30.5. The molecule has 0 heterocycles. The molecule has 0 fully saturated rings. The summed E-state index contributed by atoms with van der Waals surface area (Å²) in [5.41, 5.74) is 6.88. The van der Waals surface area contributed by atoms with Crippen LogP contribution in [0.15, 0.2) is 12.2 Å². The van der Waals surface area contributed by atoms with E-state index in [1.54, 1.807) is 0 Å². The van der Waals surface area contributed by atoms with Crippen LogP contribution in [0.5, 0.6) is 0 Å². The maximum atomic E-state index is 7.60. The summed E-state index contributed by atoms with van der Waals surface area (Å²) in [5, 5.41) is 0. The van der Waals surface area contributed by atoms with Gasteiger partial charge in [-0.1, -0.05) is 141 Å². The third-order valence-electron chi connectivity index (χ3n) is 8.79. The first kappa shape index (κ1) is 38.9. The van der Waals surface area contributed by atoms with Gasteiger partial charge in [0.25, 0.3) is 0 Å². The lowest BCUT2D eigenvalue weighted by Gasteiger charge is -2.49. The van der Waals surface area contributed by atoms with Crippen molar-refractivity contribution in [3.8, 4) is 11.5 Å². The second-order valence-electron chi connectivity index (χ2n) is 14.9. The first-order valence-corrected chi connectivity index (χ1v) is 24.2. The molecule has 0 aliphatic rings. The average molecular weight is 595 g/mol. The van der Waals surface area contributed by atoms with Crippen LogP contribution in [0.2, 0.25) is 52.9 Å². The average Bonchev–Trinajstić information content (AvgIpc) is 2.78. The third-order valence-corrected chi connectivity index (χ3v) is 21.9. The monoisotopic (exact) mass is 594 g/mol. The molecule has 230 valence electrons. The lowest BCUT2D eigenvalue weighted by atomic mass is 10.1. The highest BCUT2D eigenvalue weighted by Crippen LogP contribution is 2.47. The molecule has 0 aromatic carbocycles. The second kappa shape index (κ2) is 17.7. The Morgan fingerprint density at radius 2 is 1.08 bits per heavy atom. The Hall–Kier alpha value is -0.129. The van der Waals surface area contributed by atoms with Crippen LogP contribution in [-0.4, -0.2) is 36.9 Å². The molecule has 0 aliphatic heterocycles. The van der Waals surface area contributed by atoms with Crippen molar-refractivity contribution >= 4 is 24.7 Å². The number of rotatable bonds is 18. The Labute approximate surface area is 250 Å². The van der Waals surface area contributed by atoms with Crippen molar-refractivity contribution in [1.82, 2.24) is 0 Å². The number of hydrogen-bond acceptors (Lipinski definition) is 2. The predicted molar refractivity (Wildman–Crippen MR) is 185 cm³/mol. The van der Waals surface area contributed by atoms with Crippen molar-refractivity contribution in [3.63, 3.8) is 0 Å². The van der Waals surface area contributed by atoms with Gasteiger partial charge in [-0.15, -0.1) is 11.5 Å². The standard InChI is InChI=1S/C34H70O2Si3/c1-17-18-21-24-33(35-38(27(2)3,28(4)5)29(6)7)34(25-22-19-20-23-26-37(14,15)16)36-39(30(8)9,31(10)11)32(12)13/h22,25,27-34H,17-21,24H2,1-16H3/b25-22+. The number of hydrogen-bond donors (Lipinski definition) is 0. The third kappa shape index (κ3) is 11.6. The van der Waals surface area contributed by atoms with Crippen molar-refractivity contribution in [1.29, 1.82) is 0 Å². The van der Waals surface area contributed by atoms with Crippen LogP contribution >= 0.6 is 0 Å². The van der Waals surface area contributed by atoms with Gasteiger partial charge in [-0.25, -0.2) is 0 Å². The summed E-state index contributed by atoms with van der Waals surface area (Å²) in [6.45, 7) is 38.1. The van der Waals surface area contributed by atoms with Gasteiger partial charge in [-0.3, -0.25) is 0 Å². The van der Waals surface area contributed by atoms with Gasteiger partial charge < -0.3 is 8.85 Å². The lowest BCUT2D eigenvalue weighted by Crippen LogP contribution is -2.56. The first-order valence-electron chi connectivity index (χ1n) is 16.4. The Balaban J connectivity index is 6.72. The Bertz CT molecular complexity index is 707. The van der Waals surface area contributed by atoms with Gasteiger partial charge in [-0.05, 0) is 46.1 Å². The molecule has 0 saturated carbocycles. The summed E-state index contributed by atoms with van der Waals surface area (Å²) in [7, 11) is -5.49. The van der Waals surface area contributed by atoms with Crippen molar-refractivity contribution in [2.75, 3.05) is 0 Å². The molecule has 0 aliphatic carbocycles. The highest BCUT2D eigenvalue weighted by molar-refractivity contribution is 6.83. The van der Waals surface area contributed by atoms with E-state index in [-0.39, 0.29) is 12.2 Å². The highest BCUT2D eigenvalue weighted by atomic mass is 28.4. The summed E-state index contributed by atoms with van der Waals surface area (Å²) in [6.07, 6.45) is 11.6. The molecule has 0 spiro atoms. The van der Waals surface area contributed by atoms with E-state index in [0.717, 1.165) is 19.3 Å². The summed E-state index contributed by atoms with van der Waals surface area (Å²) < 4.78 is 15.2. The van der Waals surface area contributed by atoms with Crippen LogP contribution in [0, 0.1) is 11.5 Å². The van der Waals surface area contributed by atoms with Crippen molar-refractivity contribution in [2.24, 2.45) is 0 Å². The molecule has 2 unspecified atom stereocenters. The number of allylic oxidation sites excluding steroid dienone is 1. The normalized spacial score (nSPS) is 15.3. The molecule has 0 radical (unpaired) electrons. The molecular formula is C34H70O2Si3. The van der Waals surface area contributed by atoms with E-state index in [1.165, 1.54) is 19.3 Å². The largest absolute Gasteiger partial charge is 0.410 e. The zero-order valence-corrected chi connectivity index (χ0v) is 32.3. The predicted octanol–water partition coefficient (Wildman–Crippen LogP) is 11.9. The van der Waals surface area contributed by atoms with Gasteiger partial charge in [0.1, 0.15) is 8.07 Å². The summed E-state index contributed by atoms with van der Waals surface area (Å²) >= 11 is 0. The Morgan fingerprint density at radius 3 is 1.46 bits per heavy atom. The quantitative estimate of drug-likeness (QED) is 0.0680.